The van der Waals surface area contributed by atoms with Crippen molar-refractivity contribution in [3.8, 4) is 0 Å². The molecule has 0 spiro atoms. The molecule has 0 rings (SSSR count). The summed E-state index contributed by atoms with van der Waals surface area (Å²) in [6.07, 6.45) is 0. The number of carbonyl (C=O) groups excluding carboxylic acids is 1. The zero-order chi connectivity index (χ0) is 6.28. The molecule has 0 aromatic carbocycles. The van der Waals surface area contributed by atoms with Crippen LogP contribution < -0.4 is 36.3 Å². The third-order valence-electron chi connectivity index (χ3n) is 0. The average Bonchev–Trinajstić information content (AvgIpc) is 1.33. The van der Waals surface area contributed by atoms with Crippen LogP contribution in [0.1, 0.15) is 37.1 Å². The van der Waals surface area contributed by atoms with Gasteiger partial charge in [-0.1, -0.05) is 43.6 Å². The van der Waals surface area contributed by atoms with Gasteiger partial charge in [0.1, 0.15) is 0 Å². The van der Waals surface area contributed by atoms with Crippen molar-refractivity contribution in [2.45, 2.75) is 37.1 Å². The van der Waals surface area contributed by atoms with E-state index < -0.39 is 6.03 Å². The van der Waals surface area contributed by atoms with Gasteiger partial charge in [-0.05, 0) is 0 Å². The quantitative estimate of drug-likeness (QED) is 0.296. The first-order valence-corrected chi connectivity index (χ1v) is 1.21. The van der Waals surface area contributed by atoms with Gasteiger partial charge < -0.3 is 51.7 Å². The fourth-order valence-electron chi connectivity index (χ4n) is 0. The zero-order valence-electron chi connectivity index (χ0n) is 6.04. The molecule has 0 aliphatic carbocycles. The molecule has 106 valence electrons. The number of primary amides is 2. The topological polar surface area (TPSA) is 136 Å². The number of hydrogen-bond acceptors (Lipinski definition) is 3. The minimum Gasteiger partial charge on any atom is -1.00 e. The van der Waals surface area contributed by atoms with E-state index in [1.54, 1.807) is 0 Å². The van der Waals surface area contributed by atoms with Crippen molar-refractivity contribution in [3.63, 3.8) is 0 Å². The minimum atomic E-state index is -0.833. The van der Waals surface area contributed by atoms with Crippen LogP contribution in [0, 0.1) is 0 Å². The van der Waals surface area contributed by atoms with E-state index in [0.29, 0.717) is 6.47 Å². The Hall–Kier alpha value is 1.80. The number of halogens is 2. The third-order valence-corrected chi connectivity index (χ3v) is 0. The van der Waals surface area contributed by atoms with E-state index in [4.69, 9.17) is 14.7 Å². The summed E-state index contributed by atoms with van der Waals surface area (Å²) in [5.41, 5.74) is 8.50. The molecule has 17 heavy (non-hydrogen) atoms. The van der Waals surface area contributed by atoms with Gasteiger partial charge in [-0.15, -0.1) is 0 Å². The SMILES string of the molecule is C.C.C.C.C.NC(N)=O.O=[C-]O.[Ca+2].[Ca+2].[Cl-].[Cl-].[OH-]. The van der Waals surface area contributed by atoms with Gasteiger partial charge in [0, 0.05) is 0 Å². The van der Waals surface area contributed by atoms with E-state index in [9.17, 15) is 0 Å². The van der Waals surface area contributed by atoms with Crippen molar-refractivity contribution < 1.29 is 45.0 Å². The number of nitrogens with two attached hydrogens (primary N) is 2. The molecule has 0 unspecified atom stereocenters. The molecule has 0 saturated carbocycles. The summed E-state index contributed by atoms with van der Waals surface area (Å²) in [6.45, 7) is 0.500. The Balaban J connectivity index is -0.00000000187. The number of urea groups is 1. The van der Waals surface area contributed by atoms with E-state index in [1.165, 1.54) is 0 Å². The van der Waals surface area contributed by atoms with E-state index >= 15 is 0 Å². The van der Waals surface area contributed by atoms with Crippen molar-refractivity contribution in [2.24, 2.45) is 11.5 Å². The Kier molecular flexibility index (Phi) is 1130. The zero-order valence-corrected chi connectivity index (χ0v) is 12.0. The van der Waals surface area contributed by atoms with Crippen molar-refractivity contribution in [1.82, 2.24) is 0 Å². The Morgan fingerprint density at radius 3 is 0.882 bits per heavy atom. The predicted octanol–water partition coefficient (Wildman–Crippen LogP) is -5.11. The van der Waals surface area contributed by atoms with Crippen LogP contribution in [-0.2, 0) is 4.79 Å². The second kappa shape index (κ2) is 149. The summed E-state index contributed by atoms with van der Waals surface area (Å²) in [5.74, 6) is 0. The van der Waals surface area contributed by atoms with Gasteiger partial charge in [-0.3, -0.25) is 0 Å². The van der Waals surface area contributed by atoms with Crippen molar-refractivity contribution in [1.29, 1.82) is 0 Å². The van der Waals surface area contributed by atoms with Crippen LogP contribution in [0.3, 0.4) is 0 Å². The first-order chi connectivity index (χ1) is 3.15. The van der Waals surface area contributed by atoms with E-state index in [0.717, 1.165) is 0 Å². The number of hydrogen-bond donors (Lipinski definition) is 3. The van der Waals surface area contributed by atoms with Gasteiger partial charge in [0.25, 0.3) is 0 Å². The Morgan fingerprint density at radius 2 is 0.882 bits per heavy atom. The molecule has 0 saturated heterocycles. The molecule has 10 heteroatoms. The predicted molar refractivity (Wildman–Crippen MR) is 69.2 cm³/mol. The molecule has 0 fully saturated rings. The molecule has 6 N–H and O–H groups in total. The summed E-state index contributed by atoms with van der Waals surface area (Å²) >= 11 is 0. The van der Waals surface area contributed by atoms with Crippen LogP contribution in [0.5, 0.6) is 0 Å². The van der Waals surface area contributed by atoms with E-state index in [1.807, 2.05) is 0 Å². The van der Waals surface area contributed by atoms with Crippen LogP contribution in [0.15, 0.2) is 0 Å². The van der Waals surface area contributed by atoms with Gasteiger partial charge in [0.05, 0.1) is 0 Å². The normalized spacial score (nSPS) is 2.12. The molecule has 2 amide bonds. The smallest absolute Gasteiger partial charge is 1.00 e. The fourth-order valence-corrected chi connectivity index (χ4v) is 0. The van der Waals surface area contributed by atoms with Crippen LogP contribution in [0.4, 0.5) is 4.79 Å². The summed E-state index contributed by atoms with van der Waals surface area (Å²) in [4.78, 5) is 17.2. The standard InChI is InChI=1S/CH4N2O.CHO2.5CH4.2Ca.2ClH.H2O/c2-1(3)4;2-1-3;;;;;;;;;;/h(H4,2,3,4);(H,2,3);5*1H4;;;2*1H;1H2/q;-1;;;;;;2*+2;;;/p-3. The van der Waals surface area contributed by atoms with E-state index in [2.05, 4.69) is 11.5 Å². The first-order valence-electron chi connectivity index (χ1n) is 1.21. The molecule has 0 aliphatic heterocycles. The van der Waals surface area contributed by atoms with Gasteiger partial charge >= 0.3 is 81.5 Å². The molecule has 6 nitrogen and oxygen atoms in total. The van der Waals surface area contributed by atoms with Crippen molar-refractivity contribution in [3.05, 3.63) is 0 Å². The summed E-state index contributed by atoms with van der Waals surface area (Å²) in [7, 11) is 0. The molecule has 0 aromatic heterocycles. The van der Waals surface area contributed by atoms with Crippen molar-refractivity contribution in [2.75, 3.05) is 0 Å². The van der Waals surface area contributed by atoms with Crippen LogP contribution in [0.2, 0.25) is 0 Å². The summed E-state index contributed by atoms with van der Waals surface area (Å²) in [6, 6.07) is -0.833. The number of amides is 2. The second-order valence-electron chi connectivity index (χ2n) is 0.494. The van der Waals surface area contributed by atoms with Gasteiger partial charge in [-0.2, -0.15) is 0 Å². The summed E-state index contributed by atoms with van der Waals surface area (Å²) in [5, 5.41) is 6.76. The third kappa shape index (κ3) is 1370. The van der Waals surface area contributed by atoms with Crippen molar-refractivity contribution >= 4 is 88.0 Å². The average molecular weight is 353 g/mol. The minimum absolute atomic E-state index is 0. The largest absolute Gasteiger partial charge is 2.00 e. The van der Waals surface area contributed by atoms with Crippen LogP contribution in [0.25, 0.3) is 0 Å². The molecule has 0 aromatic rings. The number of rotatable bonds is 0. The fraction of sp³-hybridized carbons (Fsp3) is 0.714. The molecule has 0 heterocycles. The molecule has 0 radical (unpaired) electrons. The maximum Gasteiger partial charge on any atom is 2.00 e. The van der Waals surface area contributed by atoms with Crippen LogP contribution in [-0.4, -0.2) is 98.6 Å². The molecule has 0 aliphatic rings. The Labute approximate surface area is 179 Å². The maximum atomic E-state index is 9.00. The maximum absolute atomic E-state index is 9.00. The van der Waals surface area contributed by atoms with Gasteiger partial charge in [0.2, 0.25) is 0 Å². The molecular weight excluding hydrogens is 327 g/mol. The monoisotopic (exact) mass is 352 g/mol. The summed E-state index contributed by atoms with van der Waals surface area (Å²) < 4.78 is 0. The van der Waals surface area contributed by atoms with Crippen LogP contribution >= 0.6 is 0 Å². The molecule has 0 bridgehead atoms. The van der Waals surface area contributed by atoms with Gasteiger partial charge in [-0.25, -0.2) is 4.79 Å². The van der Waals surface area contributed by atoms with Gasteiger partial charge in [0.15, 0.2) is 0 Å². The number of carbonyl (C=O) groups is 1. The Bertz CT molecular complexity index is 82.9. The van der Waals surface area contributed by atoms with E-state index in [-0.39, 0.29) is 143 Å². The number of aliphatic hydroxyl groups excluding tert-OH is 1. The Morgan fingerprint density at radius 1 is 0.882 bits per heavy atom. The molecular formula is C7H26Ca2Cl2N2O4. The molecule has 0 atom stereocenters. The first kappa shape index (κ1) is 129. The second-order valence-corrected chi connectivity index (χ2v) is 0.494.